The van der Waals surface area contributed by atoms with Crippen molar-refractivity contribution >= 4 is 24.0 Å². The molecule has 0 aliphatic carbocycles. The molecule has 1 fully saturated rings. The molecule has 0 unspecified atom stereocenters. The third kappa shape index (κ3) is 5.27. The van der Waals surface area contributed by atoms with Gasteiger partial charge < -0.3 is 20.1 Å². The maximum absolute atomic E-state index is 12.2. The third-order valence-corrected chi connectivity index (χ3v) is 3.83. The molecule has 2 heterocycles. The molecule has 1 aromatic rings. The Morgan fingerprint density at radius 2 is 1.96 bits per heavy atom. The highest BCUT2D eigenvalue weighted by atomic mass is 35.5. The molecule has 0 saturated carbocycles. The Kier molecular flexibility index (Phi) is 6.95. The van der Waals surface area contributed by atoms with Gasteiger partial charge in [-0.3, -0.25) is 9.69 Å². The first-order valence-corrected chi connectivity index (χ1v) is 7.94. The Bertz CT molecular complexity index is 519. The number of halogens is 1. The van der Waals surface area contributed by atoms with Gasteiger partial charge >= 0.3 is 0 Å². The van der Waals surface area contributed by atoms with E-state index in [2.05, 4.69) is 15.5 Å². The van der Waals surface area contributed by atoms with Crippen molar-refractivity contribution in [2.75, 3.05) is 51.3 Å². The van der Waals surface area contributed by atoms with Crippen LogP contribution in [0, 0.1) is 0 Å². The first-order chi connectivity index (χ1) is 10.8. The van der Waals surface area contributed by atoms with E-state index in [9.17, 15) is 4.79 Å². The molecule has 1 amide bonds. The van der Waals surface area contributed by atoms with E-state index in [-0.39, 0.29) is 18.3 Å². The predicted molar refractivity (Wildman–Crippen MR) is 91.9 cm³/mol. The SMILES string of the molecule is Cl.O=C(CN1CCCNCC1)Nc1ccc2c(c1)OCCCO2. The van der Waals surface area contributed by atoms with E-state index >= 15 is 0 Å². The molecule has 0 bridgehead atoms. The molecule has 1 saturated heterocycles. The van der Waals surface area contributed by atoms with Gasteiger partial charge in [0.2, 0.25) is 5.91 Å². The largest absolute Gasteiger partial charge is 0.490 e. The normalized spacial score (nSPS) is 18.3. The van der Waals surface area contributed by atoms with Gasteiger partial charge in [0.05, 0.1) is 19.8 Å². The molecule has 0 radical (unpaired) electrons. The van der Waals surface area contributed by atoms with Crippen molar-refractivity contribution in [3.05, 3.63) is 18.2 Å². The number of amides is 1. The maximum Gasteiger partial charge on any atom is 0.238 e. The van der Waals surface area contributed by atoms with Crippen LogP contribution >= 0.6 is 12.4 Å². The number of ether oxygens (including phenoxy) is 2. The minimum Gasteiger partial charge on any atom is -0.490 e. The number of hydrogen-bond donors (Lipinski definition) is 2. The molecule has 6 nitrogen and oxygen atoms in total. The molecule has 0 spiro atoms. The summed E-state index contributed by atoms with van der Waals surface area (Å²) in [5.41, 5.74) is 0.752. The first-order valence-electron chi connectivity index (χ1n) is 7.94. The highest BCUT2D eigenvalue weighted by molar-refractivity contribution is 5.92. The molecule has 2 aliphatic rings. The monoisotopic (exact) mass is 341 g/mol. The molecule has 7 heteroatoms. The van der Waals surface area contributed by atoms with Gasteiger partial charge in [-0.25, -0.2) is 0 Å². The lowest BCUT2D eigenvalue weighted by Crippen LogP contribution is -2.35. The van der Waals surface area contributed by atoms with Crippen molar-refractivity contribution in [2.24, 2.45) is 0 Å². The number of hydrogen-bond acceptors (Lipinski definition) is 5. The number of benzene rings is 1. The van der Waals surface area contributed by atoms with Crippen LogP contribution in [0.4, 0.5) is 5.69 Å². The quantitative estimate of drug-likeness (QED) is 0.872. The van der Waals surface area contributed by atoms with Gasteiger partial charge in [-0.15, -0.1) is 12.4 Å². The topological polar surface area (TPSA) is 62.8 Å². The molecule has 0 atom stereocenters. The van der Waals surface area contributed by atoms with E-state index in [4.69, 9.17) is 9.47 Å². The van der Waals surface area contributed by atoms with E-state index in [0.717, 1.165) is 50.5 Å². The zero-order valence-corrected chi connectivity index (χ0v) is 14.0. The fourth-order valence-electron chi connectivity index (χ4n) is 2.70. The lowest BCUT2D eigenvalue weighted by molar-refractivity contribution is -0.117. The van der Waals surface area contributed by atoms with Gasteiger partial charge in [-0.1, -0.05) is 0 Å². The highest BCUT2D eigenvalue weighted by Gasteiger charge is 2.15. The van der Waals surface area contributed by atoms with Gasteiger partial charge in [0.25, 0.3) is 0 Å². The Morgan fingerprint density at radius 1 is 1.13 bits per heavy atom. The molecule has 128 valence electrons. The Hall–Kier alpha value is -1.50. The first kappa shape index (κ1) is 17.8. The van der Waals surface area contributed by atoms with Crippen LogP contribution in [0.3, 0.4) is 0 Å². The van der Waals surface area contributed by atoms with Crippen LogP contribution in [0.15, 0.2) is 18.2 Å². The fraction of sp³-hybridized carbons (Fsp3) is 0.562. The van der Waals surface area contributed by atoms with Crippen LogP contribution in [0.2, 0.25) is 0 Å². The van der Waals surface area contributed by atoms with Gasteiger partial charge in [0.15, 0.2) is 11.5 Å². The molecule has 2 N–H and O–H groups in total. The number of rotatable bonds is 3. The summed E-state index contributed by atoms with van der Waals surface area (Å²) in [6.07, 6.45) is 1.96. The van der Waals surface area contributed by atoms with Crippen LogP contribution < -0.4 is 20.1 Å². The number of carbonyl (C=O) groups is 1. The number of anilines is 1. The van der Waals surface area contributed by atoms with E-state index in [1.165, 1.54) is 0 Å². The highest BCUT2D eigenvalue weighted by Crippen LogP contribution is 2.32. The summed E-state index contributed by atoms with van der Waals surface area (Å²) < 4.78 is 11.2. The average Bonchev–Trinajstić information content (AvgIpc) is 2.89. The average molecular weight is 342 g/mol. The van der Waals surface area contributed by atoms with Gasteiger partial charge in [0.1, 0.15) is 0 Å². The molecule has 23 heavy (non-hydrogen) atoms. The Morgan fingerprint density at radius 3 is 2.83 bits per heavy atom. The minimum absolute atomic E-state index is 0. The van der Waals surface area contributed by atoms with Crippen LogP contribution in [-0.2, 0) is 4.79 Å². The van der Waals surface area contributed by atoms with Crippen molar-refractivity contribution in [1.82, 2.24) is 10.2 Å². The van der Waals surface area contributed by atoms with Crippen LogP contribution in [-0.4, -0.2) is 56.7 Å². The minimum atomic E-state index is 0. The van der Waals surface area contributed by atoms with E-state index < -0.39 is 0 Å². The number of carbonyl (C=O) groups excluding carboxylic acids is 1. The molecule has 2 aliphatic heterocycles. The summed E-state index contributed by atoms with van der Waals surface area (Å²) in [5, 5.41) is 6.28. The van der Waals surface area contributed by atoms with Gasteiger partial charge in [0, 0.05) is 31.3 Å². The second kappa shape index (κ2) is 8.96. The summed E-state index contributed by atoms with van der Waals surface area (Å²) in [5.74, 6) is 1.46. The second-order valence-corrected chi connectivity index (χ2v) is 5.64. The van der Waals surface area contributed by atoms with Crippen molar-refractivity contribution in [3.63, 3.8) is 0 Å². The third-order valence-electron chi connectivity index (χ3n) is 3.83. The smallest absolute Gasteiger partial charge is 0.238 e. The summed E-state index contributed by atoms with van der Waals surface area (Å²) in [7, 11) is 0. The van der Waals surface area contributed by atoms with E-state index in [0.29, 0.717) is 25.5 Å². The molecular weight excluding hydrogens is 318 g/mol. The summed E-state index contributed by atoms with van der Waals surface area (Å²) >= 11 is 0. The maximum atomic E-state index is 12.2. The zero-order valence-electron chi connectivity index (χ0n) is 13.2. The zero-order chi connectivity index (χ0) is 15.2. The summed E-state index contributed by atoms with van der Waals surface area (Å²) in [4.78, 5) is 14.4. The van der Waals surface area contributed by atoms with E-state index in [1.807, 2.05) is 18.2 Å². The number of fused-ring (bicyclic) bond motifs is 1. The number of nitrogens with one attached hydrogen (secondary N) is 2. The van der Waals surface area contributed by atoms with Crippen molar-refractivity contribution in [1.29, 1.82) is 0 Å². The van der Waals surface area contributed by atoms with E-state index in [1.54, 1.807) is 0 Å². The van der Waals surface area contributed by atoms with Gasteiger partial charge in [-0.05, 0) is 31.6 Å². The van der Waals surface area contributed by atoms with Crippen LogP contribution in [0.25, 0.3) is 0 Å². The predicted octanol–water partition coefficient (Wildman–Crippen LogP) is 1.50. The fourth-order valence-corrected chi connectivity index (χ4v) is 2.70. The van der Waals surface area contributed by atoms with Crippen molar-refractivity contribution < 1.29 is 14.3 Å². The van der Waals surface area contributed by atoms with Crippen molar-refractivity contribution in [2.45, 2.75) is 12.8 Å². The van der Waals surface area contributed by atoms with Crippen LogP contribution in [0.1, 0.15) is 12.8 Å². The van der Waals surface area contributed by atoms with Crippen LogP contribution in [0.5, 0.6) is 11.5 Å². The summed E-state index contributed by atoms with van der Waals surface area (Å²) in [6.45, 7) is 5.58. The number of nitrogens with zero attached hydrogens (tertiary/aromatic N) is 1. The van der Waals surface area contributed by atoms with Gasteiger partial charge in [-0.2, -0.15) is 0 Å². The Labute approximate surface area is 142 Å². The standard InChI is InChI=1S/C16H23N3O3.ClH/c20-16(12-19-7-1-5-17-6-8-19)18-13-3-4-14-15(11-13)22-10-2-9-21-14;/h3-4,11,17H,1-2,5-10,12H2,(H,18,20);1H. The second-order valence-electron chi connectivity index (χ2n) is 5.64. The Balaban J connectivity index is 0.00000192. The summed E-state index contributed by atoms with van der Waals surface area (Å²) in [6, 6.07) is 5.55. The molecule has 1 aromatic carbocycles. The molecular formula is C16H24ClN3O3. The molecule has 0 aromatic heterocycles. The lowest BCUT2D eigenvalue weighted by atomic mass is 10.2. The van der Waals surface area contributed by atoms with Crippen molar-refractivity contribution in [3.8, 4) is 11.5 Å². The molecule has 3 rings (SSSR count). The lowest BCUT2D eigenvalue weighted by Gasteiger charge is -2.19.